The summed E-state index contributed by atoms with van der Waals surface area (Å²) in [6.07, 6.45) is -0.188. The molecular formula is C31H24BrOP. The SMILES string of the molecule is Brc1cccc([C@@H]2OP(c3ccccc3)(c3ccccc3)(c3ccccc3)c3ccccc32)c1. The quantitative estimate of drug-likeness (QED) is 0.240. The first-order valence-electron chi connectivity index (χ1n) is 11.5. The first-order chi connectivity index (χ1) is 16.7. The predicted octanol–water partition coefficient (Wildman–Crippen LogP) is 6.64. The molecule has 6 rings (SSSR count). The molecule has 0 spiro atoms. The van der Waals surface area contributed by atoms with Crippen LogP contribution in [0.5, 0.6) is 0 Å². The fraction of sp³-hybridized carbons (Fsp3) is 0.0323. The Morgan fingerprint density at radius 1 is 0.529 bits per heavy atom. The molecule has 5 aromatic rings. The van der Waals surface area contributed by atoms with Crippen LogP contribution in [-0.2, 0) is 4.52 Å². The minimum atomic E-state index is -3.54. The summed E-state index contributed by atoms with van der Waals surface area (Å²) in [7, 11) is 0. The van der Waals surface area contributed by atoms with Crippen LogP contribution in [0.1, 0.15) is 17.2 Å². The Balaban J connectivity index is 1.81. The van der Waals surface area contributed by atoms with E-state index in [4.69, 9.17) is 4.52 Å². The van der Waals surface area contributed by atoms with E-state index in [0.29, 0.717) is 0 Å². The summed E-state index contributed by atoms with van der Waals surface area (Å²) >= 11 is 3.68. The van der Waals surface area contributed by atoms with Crippen molar-refractivity contribution in [3.8, 4) is 0 Å². The van der Waals surface area contributed by atoms with Gasteiger partial charge in [-0.25, -0.2) is 0 Å². The van der Waals surface area contributed by atoms with E-state index in [2.05, 4.69) is 155 Å². The Morgan fingerprint density at radius 2 is 1.03 bits per heavy atom. The van der Waals surface area contributed by atoms with E-state index in [-0.39, 0.29) is 6.10 Å². The third-order valence-corrected chi connectivity index (χ3v) is 13.2. The molecule has 0 aromatic heterocycles. The molecule has 1 aliphatic heterocycles. The maximum absolute atomic E-state index is 7.72. The zero-order chi connectivity index (χ0) is 23.0. The van der Waals surface area contributed by atoms with Crippen LogP contribution in [0, 0.1) is 0 Å². The second-order valence-electron chi connectivity index (χ2n) is 8.64. The van der Waals surface area contributed by atoms with Crippen molar-refractivity contribution in [2.75, 3.05) is 0 Å². The topological polar surface area (TPSA) is 9.23 Å². The molecule has 0 fully saturated rings. The molecule has 1 atom stereocenters. The molecular weight excluding hydrogens is 499 g/mol. The van der Waals surface area contributed by atoms with Gasteiger partial charge in [0, 0.05) is 0 Å². The first kappa shape index (κ1) is 21.5. The van der Waals surface area contributed by atoms with Crippen LogP contribution in [-0.4, -0.2) is 0 Å². The van der Waals surface area contributed by atoms with Crippen molar-refractivity contribution < 1.29 is 4.52 Å². The van der Waals surface area contributed by atoms with Crippen LogP contribution in [0.25, 0.3) is 0 Å². The second-order valence-corrected chi connectivity index (χ2v) is 13.9. The summed E-state index contributed by atoms with van der Waals surface area (Å²) < 4.78 is 8.77. The van der Waals surface area contributed by atoms with Crippen LogP contribution < -0.4 is 21.2 Å². The molecule has 0 N–H and O–H groups in total. The number of rotatable bonds is 4. The Bertz CT molecular complexity index is 1350. The number of benzene rings is 5. The Hall–Kier alpha value is -3.03. The molecule has 0 unspecified atom stereocenters. The fourth-order valence-corrected chi connectivity index (χ4v) is 12.1. The van der Waals surface area contributed by atoms with Crippen molar-refractivity contribution in [1.82, 2.24) is 0 Å². The van der Waals surface area contributed by atoms with Gasteiger partial charge in [0.05, 0.1) is 0 Å². The molecule has 0 radical (unpaired) electrons. The molecule has 1 nitrogen and oxygen atoms in total. The predicted molar refractivity (Wildman–Crippen MR) is 148 cm³/mol. The van der Waals surface area contributed by atoms with Gasteiger partial charge in [-0.2, -0.15) is 0 Å². The van der Waals surface area contributed by atoms with Crippen molar-refractivity contribution >= 4 is 44.0 Å². The minimum absolute atomic E-state index is 0.188. The third kappa shape index (κ3) is 2.93. The van der Waals surface area contributed by atoms with Crippen LogP contribution in [0.3, 0.4) is 0 Å². The Labute approximate surface area is 209 Å². The van der Waals surface area contributed by atoms with Gasteiger partial charge >= 0.3 is 210 Å². The van der Waals surface area contributed by atoms with Crippen LogP contribution in [0.4, 0.5) is 0 Å². The molecule has 0 aliphatic carbocycles. The number of halogens is 1. The zero-order valence-electron chi connectivity index (χ0n) is 18.6. The molecule has 0 amide bonds. The third-order valence-electron chi connectivity index (χ3n) is 6.89. The van der Waals surface area contributed by atoms with Gasteiger partial charge in [0.25, 0.3) is 0 Å². The van der Waals surface area contributed by atoms with Gasteiger partial charge in [0.1, 0.15) is 0 Å². The second kappa shape index (κ2) is 8.32. The van der Waals surface area contributed by atoms with Crippen LogP contribution in [0.15, 0.2) is 144 Å². The standard InChI is InChI=1S/C31H24BrOP/c32-25-14-12-13-24(23-25)31-29-21-10-11-22-30(29)34(33-31,26-15-4-1-5-16-26,27-17-6-2-7-18-27)28-19-8-3-9-20-28/h1-23,31H/t31-/m0/s1. The van der Waals surface area contributed by atoms with Gasteiger partial charge in [-0.05, 0) is 0 Å². The zero-order valence-corrected chi connectivity index (χ0v) is 21.1. The molecule has 0 saturated carbocycles. The maximum atomic E-state index is 7.72. The van der Waals surface area contributed by atoms with Gasteiger partial charge in [-0.15, -0.1) is 0 Å². The average molecular weight is 523 g/mol. The molecule has 3 heteroatoms. The first-order valence-corrected chi connectivity index (χ1v) is 14.4. The van der Waals surface area contributed by atoms with E-state index in [9.17, 15) is 0 Å². The van der Waals surface area contributed by atoms with E-state index in [1.165, 1.54) is 26.8 Å². The Kier molecular flexibility index (Phi) is 5.26. The van der Waals surface area contributed by atoms with Crippen molar-refractivity contribution in [3.05, 3.63) is 155 Å². The summed E-state index contributed by atoms with van der Waals surface area (Å²) in [6.45, 7) is -3.54. The van der Waals surface area contributed by atoms with Crippen molar-refractivity contribution in [2.45, 2.75) is 6.10 Å². The molecule has 0 bridgehead atoms. The van der Waals surface area contributed by atoms with E-state index >= 15 is 0 Å². The van der Waals surface area contributed by atoms with E-state index in [0.717, 1.165) is 10.0 Å². The number of hydrogen-bond donors (Lipinski definition) is 0. The summed E-state index contributed by atoms with van der Waals surface area (Å²) in [5.74, 6) is 0. The van der Waals surface area contributed by atoms with E-state index in [1.54, 1.807) is 0 Å². The van der Waals surface area contributed by atoms with Gasteiger partial charge in [-0.1, -0.05) is 0 Å². The van der Waals surface area contributed by atoms with Gasteiger partial charge in [0.2, 0.25) is 0 Å². The van der Waals surface area contributed by atoms with Crippen molar-refractivity contribution in [1.29, 1.82) is 0 Å². The average Bonchev–Trinajstić information content (AvgIpc) is 3.24. The fourth-order valence-electron chi connectivity index (χ4n) is 5.52. The van der Waals surface area contributed by atoms with E-state index < -0.39 is 6.83 Å². The van der Waals surface area contributed by atoms with E-state index in [1.807, 2.05) is 0 Å². The van der Waals surface area contributed by atoms with Gasteiger partial charge in [0.15, 0.2) is 0 Å². The van der Waals surface area contributed by atoms with Crippen molar-refractivity contribution in [3.63, 3.8) is 0 Å². The van der Waals surface area contributed by atoms with Gasteiger partial charge < -0.3 is 0 Å². The number of hydrogen-bond acceptors (Lipinski definition) is 1. The summed E-state index contributed by atoms with van der Waals surface area (Å²) in [5.41, 5.74) is 2.38. The normalized spacial score (nSPS) is 19.0. The molecule has 5 aromatic carbocycles. The molecule has 34 heavy (non-hydrogen) atoms. The summed E-state index contributed by atoms with van der Waals surface area (Å²) in [4.78, 5) is 0. The van der Waals surface area contributed by atoms with Crippen LogP contribution in [0.2, 0.25) is 0 Å². The number of fused-ring (bicyclic) bond motifs is 1. The summed E-state index contributed by atoms with van der Waals surface area (Å²) in [5, 5.41) is 4.93. The molecule has 0 saturated heterocycles. The summed E-state index contributed by atoms with van der Waals surface area (Å²) in [6, 6.07) is 49.9. The molecule has 1 aliphatic rings. The van der Waals surface area contributed by atoms with Gasteiger partial charge in [-0.3, -0.25) is 0 Å². The monoisotopic (exact) mass is 522 g/mol. The molecule has 166 valence electrons. The van der Waals surface area contributed by atoms with Crippen molar-refractivity contribution in [2.24, 2.45) is 0 Å². The Morgan fingerprint density at radius 3 is 1.56 bits per heavy atom. The van der Waals surface area contributed by atoms with Crippen LogP contribution >= 0.6 is 22.8 Å². The molecule has 1 heterocycles.